The van der Waals surface area contributed by atoms with E-state index in [1.165, 1.54) is 25.2 Å². The second kappa shape index (κ2) is 9.57. The molecule has 2 aromatic carbocycles. The van der Waals surface area contributed by atoms with Gasteiger partial charge in [-0.2, -0.15) is 0 Å². The SMILES string of the molecule is COc1cc(C#CC2CCCC2)ccc1-n1c(=O)ccc2cc(S(=O)Nc3ccon3)ccc21. The van der Waals surface area contributed by atoms with Crippen LogP contribution in [0.15, 0.2) is 75.1 Å². The largest absolute Gasteiger partial charge is 0.495 e. The molecular weight excluding hydrogens is 450 g/mol. The first-order chi connectivity index (χ1) is 16.6. The van der Waals surface area contributed by atoms with E-state index in [1.807, 2.05) is 18.2 Å². The molecule has 2 aromatic heterocycles. The molecule has 0 amide bonds. The van der Waals surface area contributed by atoms with E-state index in [0.29, 0.717) is 33.6 Å². The lowest BCUT2D eigenvalue weighted by atomic mass is 10.1. The lowest BCUT2D eigenvalue weighted by Gasteiger charge is -2.15. The van der Waals surface area contributed by atoms with Gasteiger partial charge in [0.15, 0.2) is 16.8 Å². The third-order valence-corrected chi connectivity index (χ3v) is 6.99. The molecule has 0 saturated heterocycles. The van der Waals surface area contributed by atoms with Crippen molar-refractivity contribution in [2.75, 3.05) is 11.8 Å². The van der Waals surface area contributed by atoms with E-state index in [9.17, 15) is 9.00 Å². The number of pyridine rings is 1. The average molecular weight is 474 g/mol. The van der Waals surface area contributed by atoms with Gasteiger partial charge in [0.1, 0.15) is 12.0 Å². The van der Waals surface area contributed by atoms with E-state index in [1.54, 1.807) is 42.0 Å². The van der Waals surface area contributed by atoms with Crippen molar-refractivity contribution in [3.8, 4) is 23.3 Å². The van der Waals surface area contributed by atoms with Crippen LogP contribution in [0.1, 0.15) is 31.2 Å². The Kier molecular flexibility index (Phi) is 6.19. The van der Waals surface area contributed by atoms with Gasteiger partial charge in [-0.3, -0.25) is 14.1 Å². The Morgan fingerprint density at radius 2 is 1.97 bits per heavy atom. The van der Waals surface area contributed by atoms with Crippen LogP contribution in [0.5, 0.6) is 5.75 Å². The van der Waals surface area contributed by atoms with Gasteiger partial charge in [-0.1, -0.05) is 29.8 Å². The molecule has 1 aliphatic rings. The summed E-state index contributed by atoms with van der Waals surface area (Å²) < 4.78 is 27.5. The van der Waals surface area contributed by atoms with E-state index < -0.39 is 11.0 Å². The predicted molar refractivity (Wildman–Crippen MR) is 131 cm³/mol. The van der Waals surface area contributed by atoms with Gasteiger partial charge in [0, 0.05) is 29.0 Å². The fraction of sp³-hybridized carbons (Fsp3) is 0.231. The summed E-state index contributed by atoms with van der Waals surface area (Å²) in [6.07, 6.45) is 6.22. The maximum atomic E-state index is 12.9. The topological polar surface area (TPSA) is 86.4 Å². The molecule has 1 unspecified atom stereocenters. The molecule has 1 aliphatic carbocycles. The van der Waals surface area contributed by atoms with Crippen LogP contribution >= 0.6 is 0 Å². The van der Waals surface area contributed by atoms with Gasteiger partial charge in [0.2, 0.25) is 0 Å². The average Bonchev–Trinajstić information content (AvgIpc) is 3.57. The molecule has 0 aliphatic heterocycles. The minimum atomic E-state index is -1.54. The first-order valence-corrected chi connectivity index (χ1v) is 12.2. The highest BCUT2D eigenvalue weighted by molar-refractivity contribution is 7.86. The van der Waals surface area contributed by atoms with Gasteiger partial charge in [-0.15, -0.1) is 0 Å². The zero-order valence-electron chi connectivity index (χ0n) is 18.6. The van der Waals surface area contributed by atoms with Crippen molar-refractivity contribution in [3.63, 3.8) is 0 Å². The van der Waals surface area contributed by atoms with E-state index >= 15 is 0 Å². The van der Waals surface area contributed by atoms with Crippen LogP contribution in [-0.4, -0.2) is 21.0 Å². The molecule has 2 heterocycles. The molecule has 172 valence electrons. The molecule has 8 heteroatoms. The highest BCUT2D eigenvalue weighted by Crippen LogP contribution is 2.28. The molecule has 0 bridgehead atoms. The monoisotopic (exact) mass is 473 g/mol. The van der Waals surface area contributed by atoms with Crippen molar-refractivity contribution in [2.45, 2.75) is 30.6 Å². The van der Waals surface area contributed by atoms with E-state index in [4.69, 9.17) is 9.26 Å². The summed E-state index contributed by atoms with van der Waals surface area (Å²) in [5, 5.41) is 4.49. The van der Waals surface area contributed by atoms with Gasteiger partial charge in [-0.25, -0.2) is 4.21 Å². The number of anilines is 1. The molecular formula is C26H23N3O4S. The number of hydrogen-bond acceptors (Lipinski definition) is 5. The van der Waals surface area contributed by atoms with Crippen LogP contribution in [0, 0.1) is 17.8 Å². The lowest BCUT2D eigenvalue weighted by Crippen LogP contribution is -2.18. The van der Waals surface area contributed by atoms with E-state index in [0.717, 1.165) is 23.8 Å². The fourth-order valence-electron chi connectivity index (χ4n) is 4.20. The summed E-state index contributed by atoms with van der Waals surface area (Å²) in [5.41, 5.74) is 1.97. The molecule has 34 heavy (non-hydrogen) atoms. The first-order valence-electron chi connectivity index (χ1n) is 11.1. The zero-order chi connectivity index (χ0) is 23.5. The third-order valence-electron chi connectivity index (χ3n) is 5.91. The van der Waals surface area contributed by atoms with Crippen LogP contribution in [0.25, 0.3) is 16.6 Å². The minimum Gasteiger partial charge on any atom is -0.495 e. The number of benzene rings is 2. The van der Waals surface area contributed by atoms with E-state index in [-0.39, 0.29) is 5.56 Å². The maximum Gasteiger partial charge on any atom is 0.255 e. The summed E-state index contributed by atoms with van der Waals surface area (Å²) in [7, 11) is 0.0454. The minimum absolute atomic E-state index is 0.190. The molecule has 7 nitrogen and oxygen atoms in total. The Hall–Kier alpha value is -3.83. The number of hydrogen-bond donors (Lipinski definition) is 1. The third kappa shape index (κ3) is 4.47. The first kappa shape index (κ1) is 22.0. The fourth-order valence-corrected chi connectivity index (χ4v) is 5.04. The number of nitrogens with one attached hydrogen (secondary N) is 1. The smallest absolute Gasteiger partial charge is 0.255 e. The summed E-state index contributed by atoms with van der Waals surface area (Å²) >= 11 is 0. The van der Waals surface area contributed by atoms with Crippen LogP contribution < -0.4 is 15.0 Å². The highest BCUT2D eigenvalue weighted by Gasteiger charge is 2.14. The van der Waals surface area contributed by atoms with Crippen LogP contribution in [-0.2, 0) is 11.0 Å². The summed E-state index contributed by atoms with van der Waals surface area (Å²) in [6, 6.07) is 15.7. The molecule has 5 rings (SSSR count). The van der Waals surface area contributed by atoms with Crippen molar-refractivity contribution in [2.24, 2.45) is 5.92 Å². The highest BCUT2D eigenvalue weighted by atomic mass is 32.2. The molecule has 4 aromatic rings. The Morgan fingerprint density at radius 3 is 2.74 bits per heavy atom. The van der Waals surface area contributed by atoms with Gasteiger partial charge in [0.25, 0.3) is 5.56 Å². The Bertz CT molecular complexity index is 1480. The van der Waals surface area contributed by atoms with Crippen molar-refractivity contribution in [3.05, 3.63) is 76.8 Å². The Morgan fingerprint density at radius 1 is 1.12 bits per heavy atom. The second-order valence-electron chi connectivity index (χ2n) is 8.12. The standard InChI is InChI=1S/C26H23N3O4S/c1-32-24-16-19(7-6-18-4-2-3-5-18)8-11-23(24)29-22-12-10-21(17-20(22)9-13-26(29)30)34(31)28-25-14-15-33-27-25/h8-18H,2-5H2,1H3,(H,27,28). The van der Waals surface area contributed by atoms with Crippen LogP contribution in [0.2, 0.25) is 0 Å². The molecule has 0 radical (unpaired) electrons. The number of nitrogens with zero attached hydrogens (tertiary/aromatic N) is 2. The summed E-state index contributed by atoms with van der Waals surface area (Å²) in [5.74, 6) is 8.03. The van der Waals surface area contributed by atoms with Crippen molar-refractivity contribution in [1.82, 2.24) is 9.72 Å². The van der Waals surface area contributed by atoms with Crippen LogP contribution in [0.4, 0.5) is 5.82 Å². The van der Waals surface area contributed by atoms with E-state index in [2.05, 4.69) is 21.7 Å². The Labute approximate surface area is 199 Å². The van der Waals surface area contributed by atoms with Gasteiger partial charge in [-0.05, 0) is 55.3 Å². The van der Waals surface area contributed by atoms with Crippen molar-refractivity contribution >= 4 is 27.7 Å². The number of methoxy groups -OCH3 is 1. The number of aromatic nitrogens is 2. The zero-order valence-corrected chi connectivity index (χ0v) is 19.4. The molecule has 1 atom stereocenters. The second-order valence-corrected chi connectivity index (χ2v) is 9.33. The molecule has 1 saturated carbocycles. The van der Waals surface area contributed by atoms with Gasteiger partial charge in [0.05, 0.1) is 23.2 Å². The predicted octanol–water partition coefficient (Wildman–Crippen LogP) is 4.66. The molecule has 1 fully saturated rings. The maximum absolute atomic E-state index is 12.9. The van der Waals surface area contributed by atoms with Gasteiger partial charge < -0.3 is 9.26 Å². The molecule has 0 spiro atoms. The van der Waals surface area contributed by atoms with Crippen molar-refractivity contribution in [1.29, 1.82) is 0 Å². The quantitative estimate of drug-likeness (QED) is 0.426. The number of ether oxygens (including phenoxy) is 1. The summed E-state index contributed by atoms with van der Waals surface area (Å²) in [4.78, 5) is 13.5. The number of rotatable bonds is 5. The summed E-state index contributed by atoms with van der Waals surface area (Å²) in [6.45, 7) is 0. The van der Waals surface area contributed by atoms with Crippen molar-refractivity contribution < 1.29 is 13.5 Å². The number of fused-ring (bicyclic) bond motifs is 1. The normalized spacial score (nSPS) is 14.5. The lowest BCUT2D eigenvalue weighted by molar-refractivity contribution is 0.413. The van der Waals surface area contributed by atoms with Gasteiger partial charge >= 0.3 is 0 Å². The Balaban J connectivity index is 1.51. The van der Waals surface area contributed by atoms with Crippen LogP contribution in [0.3, 0.4) is 0 Å². The molecule has 1 N–H and O–H groups in total.